The van der Waals surface area contributed by atoms with Gasteiger partial charge in [0.15, 0.2) is 0 Å². The van der Waals surface area contributed by atoms with E-state index in [-0.39, 0.29) is 6.10 Å². The molecule has 4 heteroatoms. The van der Waals surface area contributed by atoms with Crippen LogP contribution in [0.5, 0.6) is 5.75 Å². The first-order valence-corrected chi connectivity index (χ1v) is 7.51. The Hall–Kier alpha value is -0.250. The van der Waals surface area contributed by atoms with Crippen molar-refractivity contribution in [2.24, 2.45) is 0 Å². The maximum Gasteiger partial charge on any atom is 0.133 e. The van der Waals surface area contributed by atoms with Crippen molar-refractivity contribution in [2.75, 3.05) is 6.54 Å². The first-order chi connectivity index (χ1) is 8.49. The van der Waals surface area contributed by atoms with Crippen molar-refractivity contribution in [1.29, 1.82) is 0 Å². The summed E-state index contributed by atoms with van der Waals surface area (Å²) in [4.78, 5) is 0. The summed E-state index contributed by atoms with van der Waals surface area (Å²) in [6.45, 7) is 7.44. The maximum absolute atomic E-state index is 5.89. The first-order valence-electron chi connectivity index (χ1n) is 6.34. The number of hydrogen-bond acceptors (Lipinski definition) is 2. The molecule has 0 fully saturated rings. The van der Waals surface area contributed by atoms with Gasteiger partial charge in [-0.1, -0.05) is 25.4 Å². The van der Waals surface area contributed by atoms with Gasteiger partial charge in [-0.15, -0.1) is 0 Å². The molecule has 1 N–H and O–H groups in total. The van der Waals surface area contributed by atoms with Crippen LogP contribution in [0.3, 0.4) is 0 Å². The van der Waals surface area contributed by atoms with E-state index in [1.165, 1.54) is 0 Å². The molecule has 0 amide bonds. The fourth-order valence-electron chi connectivity index (χ4n) is 1.63. The van der Waals surface area contributed by atoms with Gasteiger partial charge in [-0.3, -0.25) is 0 Å². The van der Waals surface area contributed by atoms with Crippen LogP contribution in [0.15, 0.2) is 22.7 Å². The minimum atomic E-state index is 0.205. The van der Waals surface area contributed by atoms with Crippen LogP contribution in [0.4, 0.5) is 0 Å². The highest BCUT2D eigenvalue weighted by Crippen LogP contribution is 2.29. The molecule has 0 aliphatic carbocycles. The van der Waals surface area contributed by atoms with Gasteiger partial charge in [0, 0.05) is 11.1 Å². The Balaban J connectivity index is 2.33. The van der Waals surface area contributed by atoms with Crippen LogP contribution < -0.4 is 10.1 Å². The number of benzene rings is 1. The zero-order chi connectivity index (χ0) is 13.5. The molecule has 0 spiro atoms. The number of hydrogen-bond donors (Lipinski definition) is 1. The molecule has 0 heterocycles. The highest BCUT2D eigenvalue weighted by Gasteiger charge is 2.07. The van der Waals surface area contributed by atoms with E-state index < -0.39 is 0 Å². The standard InChI is InChI=1S/C14H21BrClNO/c1-10(2)17-8-4-5-11(3)18-14-7-6-12(16)9-13(14)15/h6-7,9-11,17H,4-5,8H2,1-3H3. The van der Waals surface area contributed by atoms with E-state index in [1.807, 2.05) is 18.2 Å². The monoisotopic (exact) mass is 333 g/mol. The topological polar surface area (TPSA) is 21.3 Å². The van der Waals surface area contributed by atoms with Gasteiger partial charge in [0.1, 0.15) is 5.75 Å². The minimum Gasteiger partial charge on any atom is -0.490 e. The lowest BCUT2D eigenvalue weighted by molar-refractivity contribution is 0.206. The molecule has 0 saturated heterocycles. The molecule has 1 aromatic carbocycles. The molecule has 102 valence electrons. The predicted molar refractivity (Wildman–Crippen MR) is 81.6 cm³/mol. The van der Waals surface area contributed by atoms with Gasteiger partial charge < -0.3 is 10.1 Å². The Kier molecular flexibility index (Phi) is 7.05. The van der Waals surface area contributed by atoms with E-state index in [9.17, 15) is 0 Å². The molecule has 18 heavy (non-hydrogen) atoms. The molecule has 2 nitrogen and oxygen atoms in total. The van der Waals surface area contributed by atoms with Crippen molar-refractivity contribution in [1.82, 2.24) is 5.32 Å². The van der Waals surface area contributed by atoms with Crippen molar-refractivity contribution < 1.29 is 4.74 Å². The molecule has 1 unspecified atom stereocenters. The zero-order valence-corrected chi connectivity index (χ0v) is 13.5. The van der Waals surface area contributed by atoms with Crippen molar-refractivity contribution in [3.05, 3.63) is 27.7 Å². The predicted octanol–water partition coefficient (Wildman–Crippen LogP) is 4.65. The summed E-state index contributed by atoms with van der Waals surface area (Å²) < 4.78 is 6.78. The molecule has 0 aromatic heterocycles. The Bertz CT molecular complexity index is 371. The van der Waals surface area contributed by atoms with E-state index in [1.54, 1.807) is 0 Å². The third kappa shape index (κ3) is 6.07. The molecule has 1 rings (SSSR count). The summed E-state index contributed by atoms with van der Waals surface area (Å²) in [5.41, 5.74) is 0. The van der Waals surface area contributed by atoms with Crippen molar-refractivity contribution in [3.63, 3.8) is 0 Å². The second-order valence-electron chi connectivity index (χ2n) is 4.75. The van der Waals surface area contributed by atoms with Crippen LogP contribution >= 0.6 is 27.5 Å². The third-order valence-electron chi connectivity index (χ3n) is 2.56. The van der Waals surface area contributed by atoms with Gasteiger partial charge in [-0.25, -0.2) is 0 Å². The Morgan fingerprint density at radius 3 is 2.67 bits per heavy atom. The van der Waals surface area contributed by atoms with Crippen LogP contribution in [0.1, 0.15) is 33.6 Å². The lowest BCUT2D eigenvalue weighted by Crippen LogP contribution is -2.25. The molecular formula is C14H21BrClNO. The normalized spacial score (nSPS) is 12.8. The third-order valence-corrected chi connectivity index (χ3v) is 3.42. The highest BCUT2D eigenvalue weighted by molar-refractivity contribution is 9.10. The minimum absolute atomic E-state index is 0.205. The average Bonchev–Trinajstić information content (AvgIpc) is 2.28. The van der Waals surface area contributed by atoms with Gasteiger partial charge in [-0.2, -0.15) is 0 Å². The van der Waals surface area contributed by atoms with Crippen LogP contribution in [0.2, 0.25) is 5.02 Å². The summed E-state index contributed by atoms with van der Waals surface area (Å²) in [6.07, 6.45) is 2.36. The van der Waals surface area contributed by atoms with Gasteiger partial charge in [0.25, 0.3) is 0 Å². The Labute approximate surface area is 123 Å². The molecule has 0 saturated carbocycles. The van der Waals surface area contributed by atoms with Crippen molar-refractivity contribution >= 4 is 27.5 Å². The van der Waals surface area contributed by atoms with Crippen molar-refractivity contribution in [2.45, 2.75) is 45.8 Å². The van der Waals surface area contributed by atoms with Crippen LogP contribution in [0.25, 0.3) is 0 Å². The lowest BCUT2D eigenvalue weighted by Gasteiger charge is -2.16. The number of rotatable bonds is 7. The summed E-state index contributed by atoms with van der Waals surface area (Å²) in [7, 11) is 0. The van der Waals surface area contributed by atoms with Crippen LogP contribution in [0, 0.1) is 0 Å². The van der Waals surface area contributed by atoms with E-state index in [0.29, 0.717) is 11.1 Å². The van der Waals surface area contributed by atoms with Gasteiger partial charge in [0.2, 0.25) is 0 Å². The SMILES string of the molecule is CC(C)NCCCC(C)Oc1ccc(Cl)cc1Br. The van der Waals surface area contributed by atoms with E-state index in [2.05, 4.69) is 42.0 Å². The molecular weight excluding hydrogens is 314 g/mol. The molecule has 0 radical (unpaired) electrons. The number of halogens is 2. The molecule has 1 aromatic rings. The fourth-order valence-corrected chi connectivity index (χ4v) is 2.40. The molecule has 1 atom stereocenters. The lowest BCUT2D eigenvalue weighted by atomic mass is 10.2. The number of nitrogens with one attached hydrogen (secondary N) is 1. The first kappa shape index (κ1) is 15.8. The van der Waals surface area contributed by atoms with Gasteiger partial charge in [0.05, 0.1) is 10.6 Å². The summed E-state index contributed by atoms with van der Waals surface area (Å²) >= 11 is 9.35. The summed E-state index contributed by atoms with van der Waals surface area (Å²) in [5, 5.41) is 4.11. The highest BCUT2D eigenvalue weighted by atomic mass is 79.9. The number of ether oxygens (including phenoxy) is 1. The quantitative estimate of drug-likeness (QED) is 0.733. The second-order valence-corrected chi connectivity index (χ2v) is 6.05. The summed E-state index contributed by atoms with van der Waals surface area (Å²) in [6, 6.07) is 6.14. The summed E-state index contributed by atoms with van der Waals surface area (Å²) in [5.74, 6) is 0.851. The second kappa shape index (κ2) is 8.03. The molecule has 0 aliphatic rings. The van der Waals surface area contributed by atoms with E-state index in [0.717, 1.165) is 29.6 Å². The van der Waals surface area contributed by atoms with E-state index >= 15 is 0 Å². The molecule has 0 aliphatic heterocycles. The average molecular weight is 335 g/mol. The van der Waals surface area contributed by atoms with Crippen LogP contribution in [-0.2, 0) is 0 Å². The van der Waals surface area contributed by atoms with Gasteiger partial charge >= 0.3 is 0 Å². The zero-order valence-electron chi connectivity index (χ0n) is 11.2. The smallest absolute Gasteiger partial charge is 0.133 e. The van der Waals surface area contributed by atoms with Gasteiger partial charge in [-0.05, 0) is 60.4 Å². The van der Waals surface area contributed by atoms with E-state index in [4.69, 9.17) is 16.3 Å². The molecule has 0 bridgehead atoms. The Morgan fingerprint density at radius 2 is 2.06 bits per heavy atom. The fraction of sp³-hybridized carbons (Fsp3) is 0.571. The maximum atomic E-state index is 5.89. The van der Waals surface area contributed by atoms with Crippen molar-refractivity contribution in [3.8, 4) is 5.75 Å². The largest absolute Gasteiger partial charge is 0.490 e. The van der Waals surface area contributed by atoms with Crippen LogP contribution in [-0.4, -0.2) is 18.7 Å². The Morgan fingerprint density at radius 1 is 1.33 bits per heavy atom.